The minimum absolute atomic E-state index is 0.0787. The summed E-state index contributed by atoms with van der Waals surface area (Å²) in [5, 5.41) is 14.8. The largest absolute Gasteiger partial charge is 0.504 e. The van der Waals surface area contributed by atoms with Crippen LogP contribution in [0.5, 0.6) is 0 Å². The minimum Gasteiger partial charge on any atom is -0.504 e. The van der Waals surface area contributed by atoms with Gasteiger partial charge in [0.15, 0.2) is 17.2 Å². The van der Waals surface area contributed by atoms with E-state index in [2.05, 4.69) is 10.3 Å². The maximum atomic E-state index is 13.2. The molecule has 9 heteroatoms. The molecule has 0 bridgehead atoms. The third-order valence-corrected chi connectivity index (χ3v) is 7.60. The number of thiophene rings is 1. The summed E-state index contributed by atoms with van der Waals surface area (Å²) >= 11 is 2.75. The highest BCUT2D eigenvalue weighted by Gasteiger charge is 2.31. The number of rotatable bonds is 4. The van der Waals surface area contributed by atoms with Crippen LogP contribution in [0.1, 0.15) is 4.88 Å². The van der Waals surface area contributed by atoms with Gasteiger partial charge in [0.25, 0.3) is 5.91 Å². The Morgan fingerprint density at radius 3 is 2.76 bits per heavy atom. The number of nitrogens with one attached hydrogen (secondary N) is 1. The number of anilines is 1. The molecule has 1 aliphatic rings. The molecule has 0 saturated carbocycles. The summed E-state index contributed by atoms with van der Waals surface area (Å²) < 4.78 is 13.0. The molecule has 5 heterocycles. The lowest BCUT2D eigenvalue weighted by Crippen LogP contribution is -2.27. The van der Waals surface area contributed by atoms with Crippen LogP contribution in [0.15, 0.2) is 92.4 Å². The Labute approximate surface area is 202 Å². The molecule has 0 fully saturated rings. The topological polar surface area (TPSA) is 91.7 Å². The van der Waals surface area contributed by atoms with Crippen LogP contribution < -0.4 is 5.32 Å². The van der Waals surface area contributed by atoms with Crippen LogP contribution in [0.3, 0.4) is 0 Å². The molecule has 0 saturated heterocycles. The number of hydrogen-bond donors (Lipinski definition) is 2. The van der Waals surface area contributed by atoms with Crippen molar-refractivity contribution >= 4 is 51.7 Å². The first kappa shape index (κ1) is 20.6. The number of likely N-dealkylation sites (N-methyl/N-ethyl adjacent to an activating group) is 1. The van der Waals surface area contributed by atoms with Crippen molar-refractivity contribution in [1.82, 2.24) is 9.29 Å². The van der Waals surface area contributed by atoms with Gasteiger partial charge in [-0.1, -0.05) is 24.3 Å². The molecule has 0 unspecified atom stereocenters. The van der Waals surface area contributed by atoms with Crippen LogP contribution in [-0.2, 0) is 4.79 Å². The lowest BCUT2D eigenvalue weighted by molar-refractivity contribution is -0.113. The number of pyridine rings is 1. The van der Waals surface area contributed by atoms with E-state index in [0.29, 0.717) is 27.9 Å². The highest BCUT2D eigenvalue weighted by atomic mass is 32.2. The smallest absolute Gasteiger partial charge is 0.277 e. The summed E-state index contributed by atoms with van der Waals surface area (Å²) in [6.07, 6.45) is 1.61. The molecule has 0 aliphatic carbocycles. The summed E-state index contributed by atoms with van der Waals surface area (Å²) in [4.78, 5) is 20.1. The molecule has 7 nitrogen and oxygen atoms in total. The number of carbonyl (C=O) groups excluding carboxylic acids is 1. The van der Waals surface area contributed by atoms with E-state index in [-0.39, 0.29) is 11.5 Å². The van der Waals surface area contributed by atoms with Crippen molar-refractivity contribution in [3.05, 3.63) is 83.6 Å². The molecule has 4 aromatic heterocycles. The molecule has 0 spiro atoms. The van der Waals surface area contributed by atoms with Gasteiger partial charge in [-0.25, -0.2) is 4.98 Å². The van der Waals surface area contributed by atoms with Crippen molar-refractivity contribution in [2.24, 2.45) is 0 Å². The Morgan fingerprint density at radius 1 is 1.06 bits per heavy atom. The molecular weight excluding hydrogens is 470 g/mol. The Hall–Kier alpha value is -3.95. The predicted molar refractivity (Wildman–Crippen MR) is 133 cm³/mol. The van der Waals surface area contributed by atoms with E-state index in [1.165, 1.54) is 23.3 Å². The number of carbonyl (C=O) groups is 1. The van der Waals surface area contributed by atoms with Gasteiger partial charge in [0.05, 0.1) is 20.9 Å². The predicted octanol–water partition coefficient (Wildman–Crippen LogP) is 6.63. The minimum atomic E-state index is -0.458. The molecule has 1 aliphatic heterocycles. The van der Waals surface area contributed by atoms with Crippen molar-refractivity contribution in [2.75, 3.05) is 12.4 Å². The van der Waals surface area contributed by atoms with Crippen molar-refractivity contribution in [3.63, 3.8) is 0 Å². The molecular formula is C25H17N3O4S2. The summed E-state index contributed by atoms with van der Waals surface area (Å²) in [5.74, 6) is 1.15. The van der Waals surface area contributed by atoms with Gasteiger partial charge in [-0.05, 0) is 54.4 Å². The number of hydrogen-bond acceptors (Lipinski definition) is 8. The van der Waals surface area contributed by atoms with E-state index in [4.69, 9.17) is 8.83 Å². The normalized spacial score (nSPS) is 13.4. The van der Waals surface area contributed by atoms with Crippen molar-refractivity contribution in [1.29, 1.82) is 0 Å². The van der Waals surface area contributed by atoms with Crippen molar-refractivity contribution in [2.45, 2.75) is 4.90 Å². The summed E-state index contributed by atoms with van der Waals surface area (Å²) in [6.45, 7) is 0. The number of benzene rings is 1. The van der Waals surface area contributed by atoms with Gasteiger partial charge in [0.2, 0.25) is 0 Å². The average molecular weight is 488 g/mol. The van der Waals surface area contributed by atoms with Gasteiger partial charge in [-0.15, -0.1) is 11.3 Å². The zero-order chi connectivity index (χ0) is 23.2. The van der Waals surface area contributed by atoms with Crippen LogP contribution in [0.4, 0.5) is 5.82 Å². The highest BCUT2D eigenvalue weighted by molar-refractivity contribution is 7.97. The van der Waals surface area contributed by atoms with Crippen LogP contribution in [0.25, 0.3) is 38.8 Å². The fourth-order valence-corrected chi connectivity index (χ4v) is 5.96. The Kier molecular flexibility index (Phi) is 4.93. The molecule has 1 amide bonds. The monoisotopic (exact) mass is 487 g/mol. The number of para-hydroxylation sites is 1. The fraction of sp³-hybridized carbons (Fsp3) is 0.0400. The number of amides is 1. The highest BCUT2D eigenvalue weighted by Crippen LogP contribution is 2.46. The molecule has 0 radical (unpaired) electrons. The molecule has 34 heavy (non-hydrogen) atoms. The third kappa shape index (κ3) is 3.55. The summed E-state index contributed by atoms with van der Waals surface area (Å²) in [7, 11) is 1.74. The number of aliphatic hydroxyl groups excluding tert-OH is 1. The maximum absolute atomic E-state index is 13.2. The lowest BCUT2D eigenvalue weighted by atomic mass is 10.2. The summed E-state index contributed by atoms with van der Waals surface area (Å²) in [5.41, 5.74) is 1.52. The van der Waals surface area contributed by atoms with Gasteiger partial charge < -0.3 is 23.6 Å². The van der Waals surface area contributed by atoms with Gasteiger partial charge in [0.1, 0.15) is 22.9 Å². The van der Waals surface area contributed by atoms with E-state index in [1.807, 2.05) is 54.6 Å². The quantitative estimate of drug-likeness (QED) is 0.275. The van der Waals surface area contributed by atoms with Gasteiger partial charge in [0, 0.05) is 12.4 Å². The van der Waals surface area contributed by atoms with Gasteiger partial charge in [-0.2, -0.15) is 0 Å². The first-order valence-corrected chi connectivity index (χ1v) is 12.0. The van der Waals surface area contributed by atoms with Gasteiger partial charge >= 0.3 is 0 Å². The molecule has 0 atom stereocenters. The number of furan rings is 2. The average Bonchev–Trinajstić information content (AvgIpc) is 3.58. The third-order valence-electron chi connectivity index (χ3n) is 5.34. The Balaban J connectivity index is 1.29. The van der Waals surface area contributed by atoms with E-state index >= 15 is 0 Å². The number of nitrogens with zero attached hydrogens (tertiary/aromatic N) is 2. The maximum Gasteiger partial charge on any atom is 0.277 e. The van der Waals surface area contributed by atoms with E-state index < -0.39 is 5.91 Å². The molecule has 6 rings (SSSR count). The number of aliphatic hydroxyl groups is 1. The summed E-state index contributed by atoms with van der Waals surface area (Å²) in [6, 6.07) is 20.6. The first-order valence-electron chi connectivity index (χ1n) is 10.4. The van der Waals surface area contributed by atoms with Crippen molar-refractivity contribution < 1.29 is 18.7 Å². The molecule has 5 aromatic rings. The van der Waals surface area contributed by atoms with Crippen LogP contribution >= 0.6 is 23.3 Å². The van der Waals surface area contributed by atoms with Gasteiger partial charge in [-0.3, -0.25) is 4.79 Å². The zero-order valence-electron chi connectivity index (χ0n) is 17.8. The van der Waals surface area contributed by atoms with Crippen molar-refractivity contribution in [3.8, 4) is 22.1 Å². The SMILES string of the molecule is CN1Sc2cc(-c3ccco3)sc2C(O)=C1C(=O)Nc1cccc(-c2cc3ccccc3o2)n1. The van der Waals surface area contributed by atoms with E-state index in [0.717, 1.165) is 20.7 Å². The second-order valence-electron chi connectivity index (χ2n) is 7.58. The van der Waals surface area contributed by atoms with Crippen LogP contribution in [0.2, 0.25) is 0 Å². The lowest BCUT2D eigenvalue weighted by Gasteiger charge is -2.25. The molecule has 168 valence electrons. The first-order chi connectivity index (χ1) is 16.6. The zero-order valence-corrected chi connectivity index (χ0v) is 19.4. The van der Waals surface area contributed by atoms with Crippen LogP contribution in [-0.4, -0.2) is 27.4 Å². The standard InChI is InChI=1S/C25H17N3O4S2/c1-28-22(23(29)24-20(34-28)13-19(33-24)17-9-5-11-31-17)25(30)27-21-10-4-7-15(26-21)18-12-14-6-2-3-8-16(14)32-18/h2-13,29H,1H3,(H,26,27,30). The van der Waals surface area contributed by atoms with E-state index in [9.17, 15) is 9.90 Å². The molecule has 2 N–H and O–H groups in total. The fourth-order valence-electron chi connectivity index (χ4n) is 3.77. The van der Waals surface area contributed by atoms with E-state index in [1.54, 1.807) is 29.7 Å². The van der Waals surface area contributed by atoms with Crippen LogP contribution in [0, 0.1) is 0 Å². The Morgan fingerprint density at radius 2 is 1.94 bits per heavy atom. The second kappa shape index (κ2) is 8.12. The number of fused-ring (bicyclic) bond motifs is 2. The second-order valence-corrected chi connectivity index (χ2v) is 9.80. The number of aromatic nitrogens is 1. The Bertz CT molecular complexity index is 1530. The molecule has 1 aromatic carbocycles.